The van der Waals surface area contributed by atoms with Gasteiger partial charge in [-0.25, -0.2) is 14.6 Å². The topological polar surface area (TPSA) is 131 Å². The molecule has 1 saturated heterocycles. The lowest BCUT2D eigenvalue weighted by atomic mass is 10.1. The molecule has 3 N–H and O–H groups in total. The highest BCUT2D eigenvalue weighted by molar-refractivity contribution is 7.17. The highest BCUT2D eigenvalue weighted by Gasteiger charge is 2.19. The molecule has 0 amide bonds. The highest BCUT2D eigenvalue weighted by Crippen LogP contribution is 2.27. The van der Waals surface area contributed by atoms with Gasteiger partial charge in [-0.2, -0.15) is 9.97 Å². The van der Waals surface area contributed by atoms with Crippen LogP contribution in [0.3, 0.4) is 0 Å². The van der Waals surface area contributed by atoms with Gasteiger partial charge in [0, 0.05) is 38.8 Å². The minimum atomic E-state index is -0.392. The van der Waals surface area contributed by atoms with Gasteiger partial charge >= 0.3 is 11.9 Å². The van der Waals surface area contributed by atoms with Crippen molar-refractivity contribution in [1.82, 2.24) is 20.3 Å². The summed E-state index contributed by atoms with van der Waals surface area (Å²) in [7, 11) is 1.36. The first kappa shape index (κ1) is 25.3. The number of methoxy groups -OCH3 is 1. The Morgan fingerprint density at radius 2 is 1.86 bits per heavy atom. The van der Waals surface area contributed by atoms with Crippen molar-refractivity contribution in [3.63, 3.8) is 0 Å². The van der Waals surface area contributed by atoms with Crippen LogP contribution in [-0.2, 0) is 16.0 Å². The van der Waals surface area contributed by atoms with Gasteiger partial charge in [-0.05, 0) is 31.5 Å². The summed E-state index contributed by atoms with van der Waals surface area (Å²) < 4.78 is 9.87. The van der Waals surface area contributed by atoms with E-state index in [1.807, 2.05) is 18.2 Å². The molecule has 0 bridgehead atoms. The van der Waals surface area contributed by atoms with Crippen LogP contribution < -0.4 is 20.9 Å². The number of ether oxygens (including phenoxy) is 2. The summed E-state index contributed by atoms with van der Waals surface area (Å²) in [4.78, 5) is 40.3. The summed E-state index contributed by atoms with van der Waals surface area (Å²) in [5, 5.41) is 10.3. The Bertz CT molecular complexity index is 1210. The molecule has 2 aromatic heterocycles. The van der Waals surface area contributed by atoms with E-state index in [1.54, 1.807) is 26.0 Å². The van der Waals surface area contributed by atoms with Gasteiger partial charge in [0.1, 0.15) is 16.5 Å². The first-order chi connectivity index (χ1) is 17.5. The van der Waals surface area contributed by atoms with Crippen LogP contribution in [0, 0.1) is 6.92 Å². The van der Waals surface area contributed by atoms with E-state index in [4.69, 9.17) is 14.5 Å². The largest absolute Gasteiger partial charge is 0.465 e. The summed E-state index contributed by atoms with van der Waals surface area (Å²) in [6.07, 6.45) is 0. The van der Waals surface area contributed by atoms with E-state index >= 15 is 0 Å². The Labute approximate surface area is 213 Å². The molecule has 1 aliphatic heterocycles. The molecular weight excluding hydrogens is 482 g/mol. The third-order valence-corrected chi connectivity index (χ3v) is 6.53. The smallest absolute Gasteiger partial charge is 0.350 e. The first-order valence-corrected chi connectivity index (χ1v) is 12.5. The molecule has 1 aliphatic rings. The zero-order valence-corrected chi connectivity index (χ0v) is 21.3. The lowest BCUT2D eigenvalue weighted by Crippen LogP contribution is -2.44. The van der Waals surface area contributed by atoms with Crippen molar-refractivity contribution in [1.29, 1.82) is 0 Å². The number of aromatic nitrogens is 3. The van der Waals surface area contributed by atoms with E-state index in [0.717, 1.165) is 37.6 Å². The normalized spacial score (nSPS) is 13.2. The van der Waals surface area contributed by atoms with Gasteiger partial charge < -0.3 is 25.0 Å². The Morgan fingerprint density at radius 3 is 2.56 bits per heavy atom. The predicted molar refractivity (Wildman–Crippen MR) is 138 cm³/mol. The van der Waals surface area contributed by atoms with E-state index in [-0.39, 0.29) is 5.97 Å². The van der Waals surface area contributed by atoms with Crippen molar-refractivity contribution < 1.29 is 19.1 Å². The van der Waals surface area contributed by atoms with Crippen LogP contribution in [0.5, 0.6) is 0 Å². The summed E-state index contributed by atoms with van der Waals surface area (Å²) >= 11 is 1.21. The number of carbonyl (C=O) groups is 2. The van der Waals surface area contributed by atoms with Crippen LogP contribution in [0.1, 0.15) is 38.2 Å². The lowest BCUT2D eigenvalue weighted by molar-refractivity contribution is 0.0529. The molecular formula is C24H29N7O4S. The van der Waals surface area contributed by atoms with Crippen molar-refractivity contribution >= 4 is 46.0 Å². The fourth-order valence-corrected chi connectivity index (χ4v) is 4.49. The standard InChI is InChI=1S/C24H29N7O4S/c1-4-35-22(33)20-15(2)27-24(36-20)30-23-28-18(13-19(29-23)31-11-9-25-10-12-31)26-14-16-5-7-17(8-6-16)21(32)34-3/h5-8,13,25H,4,9-12,14H2,1-3H3,(H2,26,27,28,29,30). The van der Waals surface area contributed by atoms with Crippen molar-refractivity contribution in [2.24, 2.45) is 0 Å². The number of esters is 2. The molecule has 36 heavy (non-hydrogen) atoms. The molecule has 0 unspecified atom stereocenters. The second kappa shape index (κ2) is 11.8. The van der Waals surface area contributed by atoms with Crippen LogP contribution in [0.25, 0.3) is 0 Å². The highest BCUT2D eigenvalue weighted by atomic mass is 32.1. The summed E-state index contributed by atoms with van der Waals surface area (Å²) in [6.45, 7) is 7.74. The molecule has 0 spiro atoms. The maximum Gasteiger partial charge on any atom is 0.350 e. The van der Waals surface area contributed by atoms with E-state index in [2.05, 4.69) is 30.8 Å². The molecule has 12 heteroatoms. The number of hydrogen-bond donors (Lipinski definition) is 3. The first-order valence-electron chi connectivity index (χ1n) is 11.6. The van der Waals surface area contributed by atoms with Gasteiger partial charge in [0.05, 0.1) is 25.0 Å². The Balaban J connectivity index is 1.54. The van der Waals surface area contributed by atoms with Crippen molar-refractivity contribution in [2.45, 2.75) is 20.4 Å². The number of hydrogen-bond acceptors (Lipinski definition) is 12. The van der Waals surface area contributed by atoms with Crippen LogP contribution in [-0.4, -0.2) is 66.8 Å². The van der Waals surface area contributed by atoms with Crippen LogP contribution in [0.15, 0.2) is 30.3 Å². The fourth-order valence-electron chi connectivity index (χ4n) is 3.64. The molecule has 11 nitrogen and oxygen atoms in total. The average molecular weight is 512 g/mol. The maximum atomic E-state index is 12.2. The average Bonchev–Trinajstić information content (AvgIpc) is 3.27. The number of aryl methyl sites for hydroxylation is 1. The van der Waals surface area contributed by atoms with E-state index in [0.29, 0.717) is 46.2 Å². The molecule has 1 aromatic carbocycles. The molecule has 4 rings (SSSR count). The number of nitrogens with one attached hydrogen (secondary N) is 3. The number of anilines is 4. The Morgan fingerprint density at radius 1 is 1.11 bits per heavy atom. The van der Waals surface area contributed by atoms with Gasteiger partial charge in [0.15, 0.2) is 5.13 Å². The lowest BCUT2D eigenvalue weighted by Gasteiger charge is -2.28. The zero-order valence-electron chi connectivity index (χ0n) is 20.5. The maximum absolute atomic E-state index is 12.2. The van der Waals surface area contributed by atoms with Gasteiger partial charge in [0.25, 0.3) is 0 Å². The number of thiazole rings is 1. The number of rotatable bonds is 9. The molecule has 0 atom stereocenters. The molecule has 3 heterocycles. The predicted octanol–water partition coefficient (Wildman–Crippen LogP) is 2.97. The SMILES string of the molecule is CCOC(=O)c1sc(Nc2nc(NCc3ccc(C(=O)OC)cc3)cc(N3CCNCC3)n2)nc1C. The van der Waals surface area contributed by atoms with E-state index in [1.165, 1.54) is 18.4 Å². The number of nitrogens with zero attached hydrogens (tertiary/aromatic N) is 4. The fraction of sp³-hybridized carbons (Fsp3) is 0.375. The minimum Gasteiger partial charge on any atom is -0.465 e. The Kier molecular flexibility index (Phi) is 8.28. The van der Waals surface area contributed by atoms with Crippen LogP contribution >= 0.6 is 11.3 Å². The van der Waals surface area contributed by atoms with Gasteiger partial charge in [-0.1, -0.05) is 23.5 Å². The Hall–Kier alpha value is -3.77. The number of piperazine rings is 1. The van der Waals surface area contributed by atoms with Crippen molar-refractivity contribution in [2.75, 3.05) is 55.4 Å². The number of benzene rings is 1. The monoisotopic (exact) mass is 511 g/mol. The quantitative estimate of drug-likeness (QED) is 0.367. The summed E-state index contributed by atoms with van der Waals surface area (Å²) in [5.41, 5.74) is 2.07. The molecule has 3 aromatic rings. The molecule has 0 aliphatic carbocycles. The summed E-state index contributed by atoms with van der Waals surface area (Å²) in [6, 6.07) is 9.11. The zero-order chi connectivity index (χ0) is 25.5. The molecule has 1 fully saturated rings. The minimum absolute atomic E-state index is 0.301. The van der Waals surface area contributed by atoms with Gasteiger partial charge in [0.2, 0.25) is 5.95 Å². The third-order valence-electron chi connectivity index (χ3n) is 5.48. The molecule has 0 saturated carbocycles. The summed E-state index contributed by atoms with van der Waals surface area (Å²) in [5.74, 6) is 1.04. The van der Waals surface area contributed by atoms with Gasteiger partial charge in [-0.3, -0.25) is 5.32 Å². The number of carbonyl (C=O) groups excluding carboxylic acids is 2. The van der Waals surface area contributed by atoms with E-state index < -0.39 is 5.97 Å². The van der Waals surface area contributed by atoms with Crippen molar-refractivity contribution in [3.8, 4) is 0 Å². The van der Waals surface area contributed by atoms with E-state index in [9.17, 15) is 9.59 Å². The van der Waals surface area contributed by atoms with Gasteiger partial charge in [-0.15, -0.1) is 0 Å². The van der Waals surface area contributed by atoms with Crippen molar-refractivity contribution in [3.05, 3.63) is 52.0 Å². The molecule has 190 valence electrons. The van der Waals surface area contributed by atoms with Crippen LogP contribution in [0.4, 0.5) is 22.7 Å². The van der Waals surface area contributed by atoms with Crippen LogP contribution in [0.2, 0.25) is 0 Å². The second-order valence-electron chi connectivity index (χ2n) is 7.99. The third kappa shape index (κ3) is 6.26. The molecule has 0 radical (unpaired) electrons. The second-order valence-corrected chi connectivity index (χ2v) is 8.99.